The summed E-state index contributed by atoms with van der Waals surface area (Å²) in [6, 6.07) is 10.8. The predicted octanol–water partition coefficient (Wildman–Crippen LogP) is 3.43. The number of carbonyl (C=O) groups excluding carboxylic acids is 3. The largest absolute Gasteiger partial charge is 0.422 e. The summed E-state index contributed by atoms with van der Waals surface area (Å²) < 4.78 is 46.4. The van der Waals surface area contributed by atoms with Gasteiger partial charge in [0.25, 0.3) is 11.8 Å². The van der Waals surface area contributed by atoms with E-state index < -0.39 is 42.0 Å². The van der Waals surface area contributed by atoms with Crippen LogP contribution in [0.25, 0.3) is 11.8 Å². The number of amides is 2. The van der Waals surface area contributed by atoms with Gasteiger partial charge in [0, 0.05) is 31.6 Å². The van der Waals surface area contributed by atoms with Crippen molar-refractivity contribution in [1.29, 1.82) is 0 Å². The van der Waals surface area contributed by atoms with Gasteiger partial charge in [-0.1, -0.05) is 24.3 Å². The van der Waals surface area contributed by atoms with E-state index in [0.717, 1.165) is 11.0 Å². The maximum absolute atomic E-state index is 14.4. The van der Waals surface area contributed by atoms with E-state index in [-0.39, 0.29) is 31.6 Å². The number of alkyl halides is 2. The second-order valence-corrected chi connectivity index (χ2v) is 8.46. The van der Waals surface area contributed by atoms with E-state index >= 15 is 0 Å². The molecule has 5 rings (SSSR count). The van der Waals surface area contributed by atoms with Gasteiger partial charge in [-0.3, -0.25) is 9.59 Å². The number of rotatable bonds is 3. The van der Waals surface area contributed by atoms with Gasteiger partial charge in [0.15, 0.2) is 0 Å². The minimum Gasteiger partial charge on any atom is -0.422 e. The normalized spacial score (nSPS) is 20.6. The summed E-state index contributed by atoms with van der Waals surface area (Å²) in [5.41, 5.74) is 1.32. The SMILES string of the molecule is O=C1OC(=Cc2ccc(F)c(C(=O)N3CC(C(=O)N4CCC(F)(F)C4)C3)c2)c2ccccc21. The van der Waals surface area contributed by atoms with Crippen molar-refractivity contribution in [1.82, 2.24) is 9.80 Å². The molecule has 3 aliphatic heterocycles. The Balaban J connectivity index is 1.29. The number of ether oxygens (including phenoxy) is 1. The lowest BCUT2D eigenvalue weighted by atomic mass is 9.96. The summed E-state index contributed by atoms with van der Waals surface area (Å²) >= 11 is 0. The fraction of sp³-hybridized carbons (Fsp3) is 0.292. The van der Waals surface area contributed by atoms with E-state index in [9.17, 15) is 27.6 Å². The Labute approximate surface area is 187 Å². The van der Waals surface area contributed by atoms with Gasteiger partial charge in [-0.25, -0.2) is 18.0 Å². The number of hydrogen-bond acceptors (Lipinski definition) is 4. The first-order chi connectivity index (χ1) is 15.7. The monoisotopic (exact) mass is 456 g/mol. The first kappa shape index (κ1) is 21.2. The summed E-state index contributed by atoms with van der Waals surface area (Å²) in [7, 11) is 0. The third kappa shape index (κ3) is 3.88. The first-order valence-electron chi connectivity index (χ1n) is 10.5. The Bertz CT molecular complexity index is 1200. The van der Waals surface area contributed by atoms with Crippen molar-refractivity contribution in [2.45, 2.75) is 12.3 Å². The highest BCUT2D eigenvalue weighted by atomic mass is 19.3. The van der Waals surface area contributed by atoms with Crippen molar-refractivity contribution < 1.29 is 32.3 Å². The molecular weight excluding hydrogens is 437 g/mol. The molecule has 3 aliphatic rings. The lowest BCUT2D eigenvalue weighted by Gasteiger charge is -2.40. The zero-order chi connectivity index (χ0) is 23.3. The third-order valence-electron chi connectivity index (χ3n) is 6.13. The fourth-order valence-corrected chi connectivity index (χ4v) is 4.29. The topological polar surface area (TPSA) is 66.9 Å². The van der Waals surface area contributed by atoms with Crippen LogP contribution in [0.2, 0.25) is 0 Å². The van der Waals surface area contributed by atoms with Gasteiger partial charge in [-0.15, -0.1) is 0 Å². The molecule has 2 aromatic carbocycles. The quantitative estimate of drug-likeness (QED) is 0.664. The van der Waals surface area contributed by atoms with Crippen molar-refractivity contribution in [2.24, 2.45) is 5.92 Å². The molecule has 2 amide bonds. The average molecular weight is 456 g/mol. The molecule has 2 fully saturated rings. The molecule has 0 radical (unpaired) electrons. The van der Waals surface area contributed by atoms with Crippen LogP contribution in [-0.2, 0) is 9.53 Å². The number of hydrogen-bond donors (Lipinski definition) is 0. The highest BCUT2D eigenvalue weighted by Gasteiger charge is 2.45. The van der Waals surface area contributed by atoms with Gasteiger partial charge in [-0.05, 0) is 29.8 Å². The molecular formula is C24H19F3N2O4. The predicted molar refractivity (Wildman–Crippen MR) is 112 cm³/mol. The van der Waals surface area contributed by atoms with Gasteiger partial charge in [-0.2, -0.15) is 0 Å². The summed E-state index contributed by atoms with van der Waals surface area (Å²) in [6.45, 7) is -0.504. The molecule has 0 spiro atoms. The van der Waals surface area contributed by atoms with Crippen molar-refractivity contribution in [3.05, 3.63) is 70.5 Å². The summed E-state index contributed by atoms with van der Waals surface area (Å²) in [5, 5.41) is 0. The molecule has 6 nitrogen and oxygen atoms in total. The van der Waals surface area contributed by atoms with Crippen LogP contribution < -0.4 is 0 Å². The van der Waals surface area contributed by atoms with Crippen LogP contribution in [0.4, 0.5) is 13.2 Å². The molecule has 0 atom stereocenters. The lowest BCUT2D eigenvalue weighted by Crippen LogP contribution is -2.56. The number of fused-ring (bicyclic) bond motifs is 1. The molecule has 0 saturated carbocycles. The number of nitrogens with zero attached hydrogens (tertiary/aromatic N) is 2. The molecule has 0 aromatic heterocycles. The van der Waals surface area contributed by atoms with Crippen molar-refractivity contribution in [3.8, 4) is 0 Å². The molecule has 3 heterocycles. The van der Waals surface area contributed by atoms with Gasteiger partial charge in [0.2, 0.25) is 5.91 Å². The van der Waals surface area contributed by atoms with Crippen LogP contribution in [0.1, 0.15) is 38.3 Å². The van der Waals surface area contributed by atoms with Gasteiger partial charge in [0.05, 0.1) is 23.6 Å². The molecule has 0 bridgehead atoms. The second kappa shape index (κ2) is 7.75. The maximum atomic E-state index is 14.4. The van der Waals surface area contributed by atoms with E-state index in [1.54, 1.807) is 30.3 Å². The Morgan fingerprint density at radius 2 is 1.79 bits per heavy atom. The Morgan fingerprint density at radius 1 is 1.06 bits per heavy atom. The summed E-state index contributed by atoms with van der Waals surface area (Å²) in [6.07, 6.45) is 1.19. The molecule has 9 heteroatoms. The zero-order valence-corrected chi connectivity index (χ0v) is 17.4. The average Bonchev–Trinajstić information content (AvgIpc) is 3.27. The van der Waals surface area contributed by atoms with E-state index in [1.807, 2.05) is 0 Å². The molecule has 170 valence electrons. The smallest absolute Gasteiger partial charge is 0.344 e. The van der Waals surface area contributed by atoms with Crippen molar-refractivity contribution >= 4 is 29.6 Å². The Hall–Kier alpha value is -3.62. The highest BCUT2D eigenvalue weighted by molar-refractivity contribution is 6.06. The maximum Gasteiger partial charge on any atom is 0.344 e. The number of halogens is 3. The van der Waals surface area contributed by atoms with Crippen LogP contribution in [0.3, 0.4) is 0 Å². The Kier molecular flexibility index (Phi) is 4.99. The van der Waals surface area contributed by atoms with E-state index in [1.165, 1.54) is 17.0 Å². The van der Waals surface area contributed by atoms with Gasteiger partial charge < -0.3 is 14.5 Å². The van der Waals surface area contributed by atoms with E-state index in [2.05, 4.69) is 0 Å². The number of likely N-dealkylation sites (tertiary alicyclic amines) is 2. The van der Waals surface area contributed by atoms with Crippen LogP contribution in [0, 0.1) is 11.7 Å². The molecule has 2 aromatic rings. The van der Waals surface area contributed by atoms with Crippen LogP contribution in [0.15, 0.2) is 42.5 Å². The molecule has 2 saturated heterocycles. The first-order valence-corrected chi connectivity index (χ1v) is 10.5. The molecule has 0 aliphatic carbocycles. The number of esters is 1. The third-order valence-corrected chi connectivity index (χ3v) is 6.13. The van der Waals surface area contributed by atoms with E-state index in [4.69, 9.17) is 4.74 Å². The number of benzene rings is 2. The molecule has 0 unspecified atom stereocenters. The van der Waals surface area contributed by atoms with Gasteiger partial charge in [0.1, 0.15) is 11.6 Å². The molecule has 33 heavy (non-hydrogen) atoms. The fourth-order valence-electron chi connectivity index (χ4n) is 4.29. The Morgan fingerprint density at radius 3 is 2.48 bits per heavy atom. The minimum absolute atomic E-state index is 0.00464. The van der Waals surface area contributed by atoms with Crippen LogP contribution >= 0.6 is 0 Å². The minimum atomic E-state index is -2.87. The van der Waals surface area contributed by atoms with Crippen molar-refractivity contribution in [3.63, 3.8) is 0 Å². The van der Waals surface area contributed by atoms with E-state index in [0.29, 0.717) is 22.4 Å². The summed E-state index contributed by atoms with van der Waals surface area (Å²) in [4.78, 5) is 39.6. The van der Waals surface area contributed by atoms with Crippen LogP contribution in [-0.4, -0.2) is 59.7 Å². The number of cyclic esters (lactones) is 1. The van der Waals surface area contributed by atoms with Crippen LogP contribution in [0.5, 0.6) is 0 Å². The number of carbonyl (C=O) groups is 3. The molecule has 0 N–H and O–H groups in total. The lowest BCUT2D eigenvalue weighted by molar-refractivity contribution is -0.140. The van der Waals surface area contributed by atoms with Crippen molar-refractivity contribution in [2.75, 3.05) is 26.2 Å². The second-order valence-electron chi connectivity index (χ2n) is 8.46. The highest BCUT2D eigenvalue weighted by Crippen LogP contribution is 2.32. The standard InChI is InChI=1S/C24H19F3N2O4/c25-19-6-5-14(10-20-16-3-1-2-4-17(16)23(32)33-20)9-18(19)22(31)29-11-15(12-29)21(30)28-8-7-24(26,27)13-28/h1-6,9-10,15H,7-8,11-13H2. The summed E-state index contributed by atoms with van der Waals surface area (Å²) in [5.74, 6) is -5.34. The zero-order valence-electron chi connectivity index (χ0n) is 17.4. The van der Waals surface area contributed by atoms with Gasteiger partial charge >= 0.3 is 5.97 Å².